The lowest BCUT2D eigenvalue weighted by Crippen LogP contribution is -1.76. The number of nitrogens with one attached hydrogen (secondary N) is 1. The summed E-state index contributed by atoms with van der Waals surface area (Å²) in [7, 11) is 0. The monoisotopic (exact) mass is 250 g/mol. The number of allylic oxidation sites excluding steroid dienone is 1. The number of nitriles is 1. The van der Waals surface area contributed by atoms with Crippen LogP contribution in [0.2, 0.25) is 0 Å². The predicted octanol–water partition coefficient (Wildman–Crippen LogP) is 4.29. The molecule has 3 aromatic rings. The summed E-state index contributed by atoms with van der Waals surface area (Å²) in [6, 6.07) is 12.3. The van der Waals surface area contributed by atoms with Gasteiger partial charge in [-0.3, -0.25) is 0 Å². The van der Waals surface area contributed by atoms with Gasteiger partial charge in [-0.05, 0) is 29.0 Å². The number of aromatic nitrogens is 1. The van der Waals surface area contributed by atoms with E-state index in [2.05, 4.69) is 17.1 Å². The second-order valence-electron chi connectivity index (χ2n) is 3.97. The molecule has 0 fully saturated rings. The Morgan fingerprint density at radius 2 is 2.17 bits per heavy atom. The zero-order chi connectivity index (χ0) is 12.4. The van der Waals surface area contributed by atoms with Crippen LogP contribution in [0, 0.1) is 11.3 Å². The molecule has 2 nitrogen and oxygen atoms in total. The van der Waals surface area contributed by atoms with Crippen LogP contribution in [0.25, 0.3) is 22.6 Å². The van der Waals surface area contributed by atoms with E-state index in [1.165, 1.54) is 0 Å². The van der Waals surface area contributed by atoms with Crippen molar-refractivity contribution in [2.24, 2.45) is 0 Å². The van der Waals surface area contributed by atoms with Crippen molar-refractivity contribution < 1.29 is 0 Å². The third-order valence-electron chi connectivity index (χ3n) is 2.87. The molecule has 0 atom stereocenters. The van der Waals surface area contributed by atoms with Gasteiger partial charge in [0, 0.05) is 28.2 Å². The van der Waals surface area contributed by atoms with Crippen molar-refractivity contribution in [3.63, 3.8) is 0 Å². The molecule has 0 saturated carbocycles. The third-order valence-corrected chi connectivity index (χ3v) is 3.56. The van der Waals surface area contributed by atoms with Crippen LogP contribution in [0.3, 0.4) is 0 Å². The fraction of sp³-hybridized carbons (Fsp3) is 0. The minimum absolute atomic E-state index is 0.695. The molecule has 0 radical (unpaired) electrons. The van der Waals surface area contributed by atoms with Gasteiger partial charge in [0.2, 0.25) is 0 Å². The van der Waals surface area contributed by atoms with Gasteiger partial charge in [0.25, 0.3) is 0 Å². The molecular formula is C15H10N2S. The zero-order valence-corrected chi connectivity index (χ0v) is 10.4. The van der Waals surface area contributed by atoms with Crippen molar-refractivity contribution in [1.82, 2.24) is 4.98 Å². The van der Waals surface area contributed by atoms with E-state index in [1.807, 2.05) is 47.3 Å². The summed E-state index contributed by atoms with van der Waals surface area (Å²) in [5.74, 6) is 0. The lowest BCUT2D eigenvalue weighted by atomic mass is 10.1. The van der Waals surface area contributed by atoms with Gasteiger partial charge in [0.15, 0.2) is 0 Å². The number of hydrogen-bond donors (Lipinski definition) is 1. The molecule has 0 unspecified atom stereocenters. The Balaban J connectivity index is 2.13. The fourth-order valence-corrected chi connectivity index (χ4v) is 2.62. The molecule has 86 valence electrons. The Labute approximate surface area is 109 Å². The Hall–Kier alpha value is -2.31. The molecule has 3 heteroatoms. The van der Waals surface area contributed by atoms with Crippen LogP contribution < -0.4 is 0 Å². The maximum atomic E-state index is 9.24. The second-order valence-corrected chi connectivity index (χ2v) is 4.75. The van der Waals surface area contributed by atoms with Crippen molar-refractivity contribution in [1.29, 1.82) is 5.26 Å². The molecule has 2 heterocycles. The molecule has 0 aliphatic heterocycles. The molecule has 1 aromatic carbocycles. The van der Waals surface area contributed by atoms with Crippen LogP contribution in [0.4, 0.5) is 0 Å². The van der Waals surface area contributed by atoms with Crippen LogP contribution in [-0.4, -0.2) is 4.98 Å². The summed E-state index contributed by atoms with van der Waals surface area (Å²) in [6.07, 6.45) is 3.87. The Bertz CT molecular complexity index is 742. The highest BCUT2D eigenvalue weighted by molar-refractivity contribution is 7.08. The standard InChI is InChI=1S/C15H10N2S/c16-8-12(11-5-6-18-10-11)7-13-9-17-15-4-2-1-3-14(13)15/h1-7,9-10,17H. The summed E-state index contributed by atoms with van der Waals surface area (Å²) in [5.41, 5.74) is 3.81. The lowest BCUT2D eigenvalue weighted by molar-refractivity contribution is 1.47. The van der Waals surface area contributed by atoms with Crippen molar-refractivity contribution in [3.05, 3.63) is 58.4 Å². The molecular weight excluding hydrogens is 240 g/mol. The molecule has 0 aliphatic rings. The van der Waals surface area contributed by atoms with E-state index in [0.29, 0.717) is 5.57 Å². The van der Waals surface area contributed by atoms with E-state index >= 15 is 0 Å². The van der Waals surface area contributed by atoms with Gasteiger partial charge < -0.3 is 4.98 Å². The quantitative estimate of drug-likeness (QED) is 0.677. The zero-order valence-electron chi connectivity index (χ0n) is 9.55. The first kappa shape index (κ1) is 10.8. The van der Waals surface area contributed by atoms with E-state index in [-0.39, 0.29) is 0 Å². The number of hydrogen-bond acceptors (Lipinski definition) is 2. The van der Waals surface area contributed by atoms with Crippen LogP contribution in [0.5, 0.6) is 0 Å². The van der Waals surface area contributed by atoms with Gasteiger partial charge in [-0.25, -0.2) is 0 Å². The van der Waals surface area contributed by atoms with E-state index in [1.54, 1.807) is 11.3 Å². The lowest BCUT2D eigenvalue weighted by Gasteiger charge is -1.94. The normalized spacial score (nSPS) is 11.6. The number of para-hydroxylation sites is 1. The Morgan fingerprint density at radius 3 is 2.94 bits per heavy atom. The SMILES string of the molecule is N#CC(=Cc1c[nH]c2ccccc12)c1ccsc1. The summed E-state index contributed by atoms with van der Waals surface area (Å²) in [6.45, 7) is 0. The first-order chi connectivity index (χ1) is 8.88. The highest BCUT2D eigenvalue weighted by atomic mass is 32.1. The number of aromatic amines is 1. The van der Waals surface area contributed by atoms with Gasteiger partial charge >= 0.3 is 0 Å². The maximum Gasteiger partial charge on any atom is 0.0998 e. The third kappa shape index (κ3) is 1.83. The summed E-state index contributed by atoms with van der Waals surface area (Å²) in [4.78, 5) is 3.21. The summed E-state index contributed by atoms with van der Waals surface area (Å²) < 4.78 is 0. The summed E-state index contributed by atoms with van der Waals surface area (Å²) >= 11 is 1.60. The average Bonchev–Trinajstić information content (AvgIpc) is 3.06. The molecule has 3 rings (SSSR count). The van der Waals surface area contributed by atoms with Crippen LogP contribution >= 0.6 is 11.3 Å². The number of fused-ring (bicyclic) bond motifs is 1. The van der Waals surface area contributed by atoms with E-state index < -0.39 is 0 Å². The van der Waals surface area contributed by atoms with Crippen LogP contribution in [0.15, 0.2) is 47.3 Å². The Morgan fingerprint density at radius 1 is 1.28 bits per heavy atom. The van der Waals surface area contributed by atoms with Crippen molar-refractivity contribution in [2.75, 3.05) is 0 Å². The molecule has 18 heavy (non-hydrogen) atoms. The molecule has 0 saturated heterocycles. The average molecular weight is 250 g/mol. The number of nitrogens with zero attached hydrogens (tertiary/aromatic N) is 1. The van der Waals surface area contributed by atoms with Gasteiger partial charge in [-0.1, -0.05) is 18.2 Å². The topological polar surface area (TPSA) is 39.6 Å². The van der Waals surface area contributed by atoms with Crippen LogP contribution in [0.1, 0.15) is 11.1 Å². The van der Waals surface area contributed by atoms with E-state index in [9.17, 15) is 5.26 Å². The highest BCUT2D eigenvalue weighted by Crippen LogP contribution is 2.24. The smallest absolute Gasteiger partial charge is 0.0998 e. The number of rotatable bonds is 2. The second kappa shape index (κ2) is 4.52. The minimum Gasteiger partial charge on any atom is -0.361 e. The first-order valence-corrected chi connectivity index (χ1v) is 6.53. The predicted molar refractivity (Wildman–Crippen MR) is 76.1 cm³/mol. The molecule has 0 spiro atoms. The van der Waals surface area contributed by atoms with Crippen molar-refractivity contribution in [2.45, 2.75) is 0 Å². The number of thiophene rings is 1. The first-order valence-electron chi connectivity index (χ1n) is 5.59. The molecule has 0 bridgehead atoms. The molecule has 2 aromatic heterocycles. The van der Waals surface area contributed by atoms with Crippen molar-refractivity contribution >= 4 is 33.9 Å². The number of H-pyrrole nitrogens is 1. The minimum atomic E-state index is 0.695. The largest absolute Gasteiger partial charge is 0.361 e. The molecule has 1 N–H and O–H groups in total. The van der Waals surface area contributed by atoms with Crippen molar-refractivity contribution in [3.8, 4) is 6.07 Å². The van der Waals surface area contributed by atoms with E-state index in [0.717, 1.165) is 22.0 Å². The van der Waals surface area contributed by atoms with Gasteiger partial charge in [-0.2, -0.15) is 16.6 Å². The number of benzene rings is 1. The summed E-state index contributed by atoms with van der Waals surface area (Å²) in [5, 5.41) is 14.4. The molecule has 0 aliphatic carbocycles. The van der Waals surface area contributed by atoms with Gasteiger partial charge in [0.05, 0.1) is 11.6 Å². The highest BCUT2D eigenvalue weighted by Gasteiger charge is 2.04. The van der Waals surface area contributed by atoms with Gasteiger partial charge in [-0.15, -0.1) is 0 Å². The maximum absolute atomic E-state index is 9.24. The Kier molecular flexibility index (Phi) is 2.71. The molecule has 0 amide bonds. The van der Waals surface area contributed by atoms with Gasteiger partial charge in [0.1, 0.15) is 0 Å². The fourth-order valence-electron chi connectivity index (χ4n) is 1.97. The van der Waals surface area contributed by atoms with E-state index in [4.69, 9.17) is 0 Å². The van der Waals surface area contributed by atoms with Crippen LogP contribution in [-0.2, 0) is 0 Å².